The van der Waals surface area contributed by atoms with Crippen molar-refractivity contribution in [2.45, 2.75) is 45.6 Å². The fourth-order valence-electron chi connectivity index (χ4n) is 2.04. The highest BCUT2D eigenvalue weighted by Crippen LogP contribution is 2.25. The van der Waals surface area contributed by atoms with Crippen LogP contribution in [0.15, 0.2) is 36.5 Å². The Morgan fingerprint density at radius 1 is 1.25 bits per heavy atom. The van der Waals surface area contributed by atoms with E-state index in [-0.39, 0.29) is 6.10 Å². The molecule has 1 nitrogen and oxygen atoms in total. The van der Waals surface area contributed by atoms with Gasteiger partial charge in [-0.15, -0.1) is 0 Å². The van der Waals surface area contributed by atoms with E-state index in [1.165, 1.54) is 0 Å². The summed E-state index contributed by atoms with van der Waals surface area (Å²) in [6.45, 7) is 12.5. The highest BCUT2D eigenvalue weighted by atomic mass is 16.3. The molecule has 0 amide bonds. The predicted molar refractivity (Wildman–Crippen MR) is 70.2 cm³/mol. The molecule has 0 aliphatic heterocycles. The fourth-order valence-corrected chi connectivity index (χ4v) is 2.04. The zero-order chi connectivity index (χ0) is 12.1. The lowest BCUT2D eigenvalue weighted by Crippen LogP contribution is -2.13. The summed E-state index contributed by atoms with van der Waals surface area (Å²) in [6, 6.07) is 0. The first-order valence-electron chi connectivity index (χ1n) is 6.22. The maximum Gasteiger partial charge on any atom is 0.0750 e. The Kier molecular flexibility index (Phi) is 5.01. The minimum atomic E-state index is -0.351. The van der Waals surface area contributed by atoms with Crippen molar-refractivity contribution >= 4 is 0 Å². The molecule has 1 aliphatic carbocycles. The van der Waals surface area contributed by atoms with Gasteiger partial charge in [-0.25, -0.2) is 0 Å². The van der Waals surface area contributed by atoms with Gasteiger partial charge >= 0.3 is 0 Å². The predicted octanol–water partition coefficient (Wildman–Crippen LogP) is 3.86. The molecule has 2 atom stereocenters. The summed E-state index contributed by atoms with van der Waals surface area (Å²) in [5.74, 6) is 1.20. The third-order valence-electron chi connectivity index (χ3n) is 3.44. The first kappa shape index (κ1) is 13.2. The van der Waals surface area contributed by atoms with Gasteiger partial charge in [0.05, 0.1) is 6.10 Å². The molecule has 0 aromatic rings. The number of rotatable bonds is 1. The summed E-state index contributed by atoms with van der Waals surface area (Å²) >= 11 is 0. The summed E-state index contributed by atoms with van der Waals surface area (Å²) in [5, 5.41) is 9.88. The van der Waals surface area contributed by atoms with Gasteiger partial charge in [0.15, 0.2) is 0 Å². The molecular weight excluding hydrogens is 196 g/mol. The third kappa shape index (κ3) is 3.97. The zero-order valence-corrected chi connectivity index (χ0v) is 10.6. The van der Waals surface area contributed by atoms with E-state index in [2.05, 4.69) is 39.2 Å². The summed E-state index contributed by atoms with van der Waals surface area (Å²) < 4.78 is 0. The van der Waals surface area contributed by atoms with Crippen LogP contribution < -0.4 is 0 Å². The maximum absolute atomic E-state index is 9.88. The molecule has 0 aromatic heterocycles. The van der Waals surface area contributed by atoms with Crippen LogP contribution in [0.2, 0.25) is 0 Å². The van der Waals surface area contributed by atoms with E-state index in [1.54, 1.807) is 0 Å². The van der Waals surface area contributed by atoms with Crippen LogP contribution in [0, 0.1) is 11.8 Å². The lowest BCUT2D eigenvalue weighted by atomic mass is 9.86. The molecule has 16 heavy (non-hydrogen) atoms. The number of aliphatic hydroxyl groups excluding tert-OH is 1. The monoisotopic (exact) mass is 220 g/mol. The van der Waals surface area contributed by atoms with Gasteiger partial charge in [-0.3, -0.25) is 0 Å². The highest BCUT2D eigenvalue weighted by molar-refractivity contribution is 5.17. The normalized spacial score (nSPS) is 30.5. The Bertz CT molecular complexity index is 286. The molecule has 0 saturated heterocycles. The smallest absolute Gasteiger partial charge is 0.0750 e. The minimum Gasteiger partial charge on any atom is -0.389 e. The van der Waals surface area contributed by atoms with Gasteiger partial charge in [0.25, 0.3) is 0 Å². The molecule has 0 spiro atoms. The Balaban J connectivity index is 2.75. The van der Waals surface area contributed by atoms with Crippen molar-refractivity contribution in [2.24, 2.45) is 11.8 Å². The van der Waals surface area contributed by atoms with Crippen LogP contribution in [-0.2, 0) is 0 Å². The van der Waals surface area contributed by atoms with Crippen molar-refractivity contribution in [1.29, 1.82) is 0 Å². The Morgan fingerprint density at radius 3 is 2.56 bits per heavy atom. The van der Waals surface area contributed by atoms with Crippen LogP contribution in [0.25, 0.3) is 0 Å². The maximum atomic E-state index is 9.88. The number of hydrogen-bond acceptors (Lipinski definition) is 1. The lowest BCUT2D eigenvalue weighted by molar-refractivity contribution is 0.195. The van der Waals surface area contributed by atoms with Crippen molar-refractivity contribution in [3.05, 3.63) is 36.5 Å². The summed E-state index contributed by atoms with van der Waals surface area (Å²) in [4.78, 5) is 0. The van der Waals surface area contributed by atoms with Gasteiger partial charge < -0.3 is 5.11 Å². The SMILES string of the molecule is C=C1/C=C/[C@H](C(C)C)CCC(=C)C(O)CC1. The quantitative estimate of drug-likeness (QED) is 0.665. The first-order chi connectivity index (χ1) is 7.50. The number of aliphatic hydroxyl groups is 1. The largest absolute Gasteiger partial charge is 0.389 e. The van der Waals surface area contributed by atoms with Crippen molar-refractivity contribution in [3.63, 3.8) is 0 Å². The van der Waals surface area contributed by atoms with E-state index in [0.29, 0.717) is 11.8 Å². The van der Waals surface area contributed by atoms with E-state index in [9.17, 15) is 5.11 Å². The molecule has 0 radical (unpaired) electrons. The second-order valence-electron chi connectivity index (χ2n) is 5.18. The molecule has 90 valence electrons. The Hall–Kier alpha value is -0.820. The Morgan fingerprint density at radius 2 is 1.94 bits per heavy atom. The molecule has 0 fully saturated rings. The van der Waals surface area contributed by atoms with E-state index in [0.717, 1.165) is 36.8 Å². The van der Waals surface area contributed by atoms with Gasteiger partial charge in [0.2, 0.25) is 0 Å². The molecule has 0 saturated carbocycles. The second kappa shape index (κ2) is 6.05. The van der Waals surface area contributed by atoms with E-state index in [1.807, 2.05) is 0 Å². The van der Waals surface area contributed by atoms with Crippen LogP contribution in [0.1, 0.15) is 39.5 Å². The van der Waals surface area contributed by atoms with Crippen molar-refractivity contribution in [2.75, 3.05) is 0 Å². The minimum absolute atomic E-state index is 0.351. The lowest BCUT2D eigenvalue weighted by Gasteiger charge is -2.21. The van der Waals surface area contributed by atoms with E-state index >= 15 is 0 Å². The van der Waals surface area contributed by atoms with Gasteiger partial charge in [-0.2, -0.15) is 0 Å². The number of hydrogen-bond donors (Lipinski definition) is 1. The van der Waals surface area contributed by atoms with Crippen molar-refractivity contribution in [3.8, 4) is 0 Å². The van der Waals surface area contributed by atoms with Crippen LogP contribution in [0.3, 0.4) is 0 Å². The average Bonchev–Trinajstić information content (AvgIpc) is 2.23. The highest BCUT2D eigenvalue weighted by Gasteiger charge is 2.15. The molecular formula is C15H24O. The summed E-state index contributed by atoms with van der Waals surface area (Å²) in [6.07, 6.45) is 7.69. The van der Waals surface area contributed by atoms with Gasteiger partial charge in [-0.1, -0.05) is 44.7 Å². The van der Waals surface area contributed by atoms with Crippen LogP contribution in [-0.4, -0.2) is 11.2 Å². The van der Waals surface area contributed by atoms with Gasteiger partial charge in [-0.05, 0) is 43.1 Å². The molecule has 1 aliphatic rings. The standard InChI is InChI=1S/C15H24O/c1-11(2)14-8-5-12(3)6-10-15(16)13(4)7-9-14/h5,8,11,14-16H,3-4,6-7,9-10H2,1-2H3/b8-5+/t14-,15?/m0/s1. The van der Waals surface area contributed by atoms with Crippen LogP contribution in [0.5, 0.6) is 0 Å². The van der Waals surface area contributed by atoms with Crippen LogP contribution >= 0.6 is 0 Å². The van der Waals surface area contributed by atoms with E-state index in [4.69, 9.17) is 0 Å². The molecule has 0 heterocycles. The average molecular weight is 220 g/mol. The second-order valence-corrected chi connectivity index (χ2v) is 5.18. The third-order valence-corrected chi connectivity index (χ3v) is 3.44. The molecule has 0 bridgehead atoms. The van der Waals surface area contributed by atoms with E-state index < -0.39 is 0 Å². The van der Waals surface area contributed by atoms with Gasteiger partial charge in [0, 0.05) is 0 Å². The van der Waals surface area contributed by atoms with Crippen LogP contribution in [0.4, 0.5) is 0 Å². The van der Waals surface area contributed by atoms with Crippen molar-refractivity contribution < 1.29 is 5.11 Å². The summed E-state index contributed by atoms with van der Waals surface area (Å²) in [5.41, 5.74) is 2.09. The Labute approximate surface area is 99.6 Å². The van der Waals surface area contributed by atoms with Gasteiger partial charge in [0.1, 0.15) is 0 Å². The molecule has 1 N–H and O–H groups in total. The topological polar surface area (TPSA) is 20.2 Å². The van der Waals surface area contributed by atoms with Crippen molar-refractivity contribution in [1.82, 2.24) is 0 Å². The zero-order valence-electron chi connectivity index (χ0n) is 10.6. The number of allylic oxidation sites excluding steroid dienone is 3. The molecule has 0 aromatic carbocycles. The molecule has 1 unspecified atom stereocenters. The molecule has 1 heteroatoms. The first-order valence-corrected chi connectivity index (χ1v) is 6.22. The molecule has 1 rings (SSSR count). The fraction of sp³-hybridized carbons (Fsp3) is 0.600. The summed E-state index contributed by atoms with van der Waals surface area (Å²) in [7, 11) is 0.